The molecule has 0 heterocycles. The first-order chi connectivity index (χ1) is 7.04. The number of hydrogen-bond donors (Lipinski definition) is 1. The number of aliphatic hydroxyl groups is 1. The lowest BCUT2D eigenvalue weighted by molar-refractivity contribution is 0.281. The lowest BCUT2D eigenvalue weighted by Gasteiger charge is -2.12. The van der Waals surface area contributed by atoms with E-state index in [0.717, 1.165) is 26.9 Å². The van der Waals surface area contributed by atoms with Gasteiger partial charge in [0.15, 0.2) is 0 Å². The maximum atomic E-state index is 9.03. The van der Waals surface area contributed by atoms with Crippen LogP contribution < -0.4 is 4.74 Å². The van der Waals surface area contributed by atoms with Crippen LogP contribution in [0.3, 0.4) is 0 Å². The van der Waals surface area contributed by atoms with Crippen molar-refractivity contribution >= 4 is 15.9 Å². The molecule has 0 aliphatic carbocycles. The van der Waals surface area contributed by atoms with E-state index in [0.29, 0.717) is 6.61 Å². The average molecular weight is 271 g/mol. The molecule has 0 amide bonds. The molecule has 82 valence electrons. The van der Waals surface area contributed by atoms with Crippen LogP contribution in [0.1, 0.15) is 16.7 Å². The number of aliphatic hydroxyl groups excluding tert-OH is 1. The smallest absolute Gasteiger partial charge is 0.125 e. The van der Waals surface area contributed by atoms with Gasteiger partial charge in [0.2, 0.25) is 0 Å². The Morgan fingerprint density at radius 1 is 1.40 bits per heavy atom. The summed E-state index contributed by atoms with van der Waals surface area (Å²) in [6.45, 7) is 8.18. The first kappa shape index (κ1) is 12.3. The van der Waals surface area contributed by atoms with Crippen molar-refractivity contribution in [2.45, 2.75) is 20.5 Å². The maximum Gasteiger partial charge on any atom is 0.125 e. The highest BCUT2D eigenvalue weighted by atomic mass is 79.9. The van der Waals surface area contributed by atoms with Gasteiger partial charge in [0.05, 0.1) is 6.61 Å². The first-order valence-corrected chi connectivity index (χ1v) is 5.51. The van der Waals surface area contributed by atoms with Gasteiger partial charge in [-0.2, -0.15) is 0 Å². The topological polar surface area (TPSA) is 29.5 Å². The Hall–Kier alpha value is -0.800. The van der Waals surface area contributed by atoms with Gasteiger partial charge in [-0.1, -0.05) is 34.6 Å². The molecule has 0 aliphatic rings. The van der Waals surface area contributed by atoms with E-state index in [2.05, 4.69) is 22.5 Å². The second-order valence-electron chi connectivity index (χ2n) is 3.52. The predicted molar refractivity (Wildman–Crippen MR) is 65.4 cm³/mol. The number of aryl methyl sites for hydroxylation is 2. The van der Waals surface area contributed by atoms with E-state index in [1.165, 1.54) is 0 Å². The summed E-state index contributed by atoms with van der Waals surface area (Å²) < 4.78 is 6.41. The molecule has 0 unspecified atom stereocenters. The van der Waals surface area contributed by atoms with Crippen molar-refractivity contribution in [3.05, 3.63) is 39.9 Å². The molecule has 1 rings (SSSR count). The van der Waals surface area contributed by atoms with Crippen LogP contribution in [0.5, 0.6) is 5.75 Å². The summed E-state index contributed by atoms with van der Waals surface area (Å²) in [6.07, 6.45) is 0. The summed E-state index contributed by atoms with van der Waals surface area (Å²) >= 11 is 3.25. The summed E-state index contributed by atoms with van der Waals surface area (Å²) in [5.41, 5.74) is 2.98. The highest BCUT2D eigenvalue weighted by Gasteiger charge is 2.06. The van der Waals surface area contributed by atoms with Crippen molar-refractivity contribution < 1.29 is 9.84 Å². The Morgan fingerprint density at radius 3 is 2.33 bits per heavy atom. The summed E-state index contributed by atoms with van der Waals surface area (Å²) in [4.78, 5) is 0. The van der Waals surface area contributed by atoms with Gasteiger partial charge in [-0.05, 0) is 30.5 Å². The molecular weight excluding hydrogens is 256 g/mol. The molecule has 0 aromatic heterocycles. The summed E-state index contributed by atoms with van der Waals surface area (Å²) in [7, 11) is 0. The molecule has 0 saturated heterocycles. The van der Waals surface area contributed by atoms with Gasteiger partial charge in [-0.25, -0.2) is 0 Å². The molecule has 2 nitrogen and oxygen atoms in total. The van der Waals surface area contributed by atoms with Crippen molar-refractivity contribution in [1.29, 1.82) is 0 Å². The van der Waals surface area contributed by atoms with Crippen LogP contribution >= 0.6 is 15.9 Å². The van der Waals surface area contributed by atoms with E-state index in [4.69, 9.17) is 9.84 Å². The van der Waals surface area contributed by atoms with Crippen molar-refractivity contribution in [3.63, 3.8) is 0 Å². The number of rotatable bonds is 4. The van der Waals surface area contributed by atoms with Crippen LogP contribution in [0.25, 0.3) is 0 Å². The second kappa shape index (κ2) is 5.33. The summed E-state index contributed by atoms with van der Waals surface area (Å²) in [6, 6.07) is 3.86. The van der Waals surface area contributed by atoms with Gasteiger partial charge in [0, 0.05) is 4.48 Å². The van der Waals surface area contributed by atoms with Gasteiger partial charge < -0.3 is 9.84 Å². The van der Waals surface area contributed by atoms with E-state index in [1.807, 2.05) is 26.0 Å². The molecule has 1 aromatic rings. The van der Waals surface area contributed by atoms with Crippen LogP contribution in [-0.4, -0.2) is 11.7 Å². The zero-order valence-electron chi connectivity index (χ0n) is 9.01. The zero-order valence-corrected chi connectivity index (χ0v) is 10.6. The molecule has 0 radical (unpaired) electrons. The second-order valence-corrected chi connectivity index (χ2v) is 4.64. The summed E-state index contributed by atoms with van der Waals surface area (Å²) in [5.74, 6) is 0.868. The van der Waals surface area contributed by atoms with E-state index in [-0.39, 0.29) is 6.61 Å². The SMILES string of the molecule is C=C(Br)COc1c(C)cc(CO)cc1C. The molecule has 0 aliphatic heterocycles. The molecule has 0 saturated carbocycles. The Kier molecular flexibility index (Phi) is 4.36. The van der Waals surface area contributed by atoms with Crippen LogP contribution in [0, 0.1) is 13.8 Å². The molecule has 0 atom stereocenters. The quantitative estimate of drug-likeness (QED) is 0.911. The number of benzene rings is 1. The van der Waals surface area contributed by atoms with Gasteiger partial charge in [0.25, 0.3) is 0 Å². The maximum absolute atomic E-state index is 9.03. The fraction of sp³-hybridized carbons (Fsp3) is 0.333. The molecular formula is C12H15BrO2. The van der Waals surface area contributed by atoms with Gasteiger partial charge >= 0.3 is 0 Å². The number of hydrogen-bond acceptors (Lipinski definition) is 2. The third-order valence-corrected chi connectivity index (χ3v) is 2.30. The molecule has 15 heavy (non-hydrogen) atoms. The third kappa shape index (κ3) is 3.36. The van der Waals surface area contributed by atoms with E-state index in [9.17, 15) is 0 Å². The van der Waals surface area contributed by atoms with Crippen LogP contribution in [0.2, 0.25) is 0 Å². The average Bonchev–Trinajstić information content (AvgIpc) is 2.15. The predicted octanol–water partition coefficient (Wildman–Crippen LogP) is 3.08. The fourth-order valence-corrected chi connectivity index (χ4v) is 1.62. The summed E-state index contributed by atoms with van der Waals surface area (Å²) in [5, 5.41) is 9.03. The Balaban J connectivity index is 2.92. The van der Waals surface area contributed by atoms with Crippen LogP contribution in [0.15, 0.2) is 23.2 Å². The van der Waals surface area contributed by atoms with Crippen molar-refractivity contribution in [2.75, 3.05) is 6.61 Å². The Bertz CT molecular complexity index is 349. The highest BCUT2D eigenvalue weighted by molar-refractivity contribution is 9.11. The van der Waals surface area contributed by atoms with Gasteiger partial charge in [-0.15, -0.1) is 0 Å². The van der Waals surface area contributed by atoms with E-state index in [1.54, 1.807) is 0 Å². The Labute approximate surface area is 98.7 Å². The minimum Gasteiger partial charge on any atom is -0.488 e. The lowest BCUT2D eigenvalue weighted by Crippen LogP contribution is -2.01. The molecule has 1 N–H and O–H groups in total. The number of ether oxygens (including phenoxy) is 1. The first-order valence-electron chi connectivity index (χ1n) is 4.71. The zero-order chi connectivity index (χ0) is 11.4. The van der Waals surface area contributed by atoms with Crippen molar-refractivity contribution in [1.82, 2.24) is 0 Å². The van der Waals surface area contributed by atoms with Crippen molar-refractivity contribution in [2.24, 2.45) is 0 Å². The van der Waals surface area contributed by atoms with Gasteiger partial charge in [-0.3, -0.25) is 0 Å². The minimum atomic E-state index is 0.0626. The molecule has 0 spiro atoms. The molecule has 0 bridgehead atoms. The number of halogens is 1. The lowest BCUT2D eigenvalue weighted by atomic mass is 10.1. The van der Waals surface area contributed by atoms with Gasteiger partial charge in [0.1, 0.15) is 12.4 Å². The fourth-order valence-electron chi connectivity index (χ4n) is 1.51. The molecule has 0 fully saturated rings. The Morgan fingerprint density at radius 2 is 1.93 bits per heavy atom. The monoisotopic (exact) mass is 270 g/mol. The standard InChI is InChI=1S/C12H15BrO2/c1-8-4-11(6-14)5-9(2)12(8)15-7-10(3)13/h4-5,14H,3,6-7H2,1-2H3. The minimum absolute atomic E-state index is 0.0626. The largest absolute Gasteiger partial charge is 0.488 e. The van der Waals surface area contributed by atoms with E-state index < -0.39 is 0 Å². The van der Waals surface area contributed by atoms with Crippen LogP contribution in [0.4, 0.5) is 0 Å². The molecule has 1 aromatic carbocycles. The van der Waals surface area contributed by atoms with E-state index >= 15 is 0 Å². The normalized spacial score (nSPS) is 10.1. The van der Waals surface area contributed by atoms with Crippen LogP contribution in [-0.2, 0) is 6.61 Å². The highest BCUT2D eigenvalue weighted by Crippen LogP contribution is 2.25. The van der Waals surface area contributed by atoms with Crippen molar-refractivity contribution in [3.8, 4) is 5.75 Å². The molecule has 3 heteroatoms. The third-order valence-electron chi connectivity index (χ3n) is 2.08.